The van der Waals surface area contributed by atoms with Gasteiger partial charge in [0.05, 0.1) is 23.5 Å². The molecule has 1 amide bonds. The predicted octanol–water partition coefficient (Wildman–Crippen LogP) is 3.11. The Morgan fingerprint density at radius 3 is 2.78 bits per heavy atom. The third kappa shape index (κ3) is 4.44. The van der Waals surface area contributed by atoms with Gasteiger partial charge in [0.1, 0.15) is 0 Å². The molecule has 0 spiro atoms. The molecular formula is C18H26ClN5O2S. The number of rotatable bonds is 6. The van der Waals surface area contributed by atoms with Gasteiger partial charge in [0, 0.05) is 24.6 Å². The van der Waals surface area contributed by atoms with Crippen LogP contribution in [0.3, 0.4) is 0 Å². The minimum absolute atomic E-state index is 0.0789. The largest absolute Gasteiger partial charge is 0.375 e. The SMILES string of the molecule is CCO[C@H]1CN(c2nc(C)c(C)s2)CC[C@H]1NC(=O)c1nc(Cl)c(CC)[nH]1. The second-order valence-corrected chi connectivity index (χ2v) is 8.19. The van der Waals surface area contributed by atoms with E-state index in [1.165, 1.54) is 4.88 Å². The molecule has 0 saturated carbocycles. The van der Waals surface area contributed by atoms with Gasteiger partial charge >= 0.3 is 0 Å². The molecule has 0 unspecified atom stereocenters. The first kappa shape index (κ1) is 20.1. The van der Waals surface area contributed by atoms with Crippen molar-refractivity contribution in [3.8, 4) is 0 Å². The molecular weight excluding hydrogens is 386 g/mol. The molecule has 1 saturated heterocycles. The van der Waals surface area contributed by atoms with Crippen LogP contribution in [0.25, 0.3) is 0 Å². The number of hydrogen-bond donors (Lipinski definition) is 2. The van der Waals surface area contributed by atoms with E-state index in [9.17, 15) is 4.79 Å². The van der Waals surface area contributed by atoms with Gasteiger partial charge in [-0.05, 0) is 33.6 Å². The molecule has 7 nitrogen and oxygen atoms in total. The lowest BCUT2D eigenvalue weighted by atomic mass is 10.0. The summed E-state index contributed by atoms with van der Waals surface area (Å²) in [6.45, 7) is 10.2. The molecule has 9 heteroatoms. The normalized spacial score (nSPS) is 20.1. The smallest absolute Gasteiger partial charge is 0.287 e. The highest BCUT2D eigenvalue weighted by Gasteiger charge is 2.33. The number of aromatic amines is 1. The summed E-state index contributed by atoms with van der Waals surface area (Å²) in [6, 6.07) is -0.0789. The molecule has 1 aliphatic heterocycles. The molecule has 0 aliphatic carbocycles. The predicted molar refractivity (Wildman–Crippen MR) is 108 cm³/mol. The average molecular weight is 412 g/mol. The molecule has 0 aromatic carbocycles. The van der Waals surface area contributed by atoms with Crippen LogP contribution in [-0.4, -0.2) is 52.7 Å². The highest BCUT2D eigenvalue weighted by atomic mass is 35.5. The first-order chi connectivity index (χ1) is 12.9. The van der Waals surface area contributed by atoms with Gasteiger partial charge < -0.3 is 19.9 Å². The van der Waals surface area contributed by atoms with E-state index in [-0.39, 0.29) is 23.9 Å². The highest BCUT2D eigenvalue weighted by Crippen LogP contribution is 2.28. The van der Waals surface area contributed by atoms with Crippen molar-refractivity contribution in [3.05, 3.63) is 27.2 Å². The molecule has 2 N–H and O–H groups in total. The number of anilines is 1. The minimum atomic E-state index is -0.249. The number of aromatic nitrogens is 3. The van der Waals surface area contributed by atoms with E-state index >= 15 is 0 Å². The first-order valence-electron chi connectivity index (χ1n) is 9.28. The number of nitrogens with zero attached hydrogens (tertiary/aromatic N) is 3. The number of ether oxygens (including phenoxy) is 1. The number of piperidine rings is 1. The fourth-order valence-electron chi connectivity index (χ4n) is 3.20. The summed E-state index contributed by atoms with van der Waals surface area (Å²) in [7, 11) is 0. The first-order valence-corrected chi connectivity index (χ1v) is 10.5. The van der Waals surface area contributed by atoms with Crippen LogP contribution >= 0.6 is 22.9 Å². The van der Waals surface area contributed by atoms with E-state index in [1.54, 1.807) is 11.3 Å². The number of nitrogens with one attached hydrogen (secondary N) is 2. The highest BCUT2D eigenvalue weighted by molar-refractivity contribution is 7.15. The molecule has 1 fully saturated rings. The Hall–Kier alpha value is -1.64. The second-order valence-electron chi connectivity index (χ2n) is 6.65. The summed E-state index contributed by atoms with van der Waals surface area (Å²) < 4.78 is 5.93. The third-order valence-corrected chi connectivity index (χ3v) is 6.29. The van der Waals surface area contributed by atoms with Crippen molar-refractivity contribution >= 4 is 34.0 Å². The van der Waals surface area contributed by atoms with Crippen LogP contribution in [0, 0.1) is 13.8 Å². The zero-order valence-electron chi connectivity index (χ0n) is 16.1. The maximum atomic E-state index is 12.6. The Balaban J connectivity index is 1.69. The Labute approximate surface area is 168 Å². The lowest BCUT2D eigenvalue weighted by Crippen LogP contribution is -2.55. The Bertz CT molecular complexity index is 786. The molecule has 27 heavy (non-hydrogen) atoms. The number of thiazole rings is 1. The standard InChI is InChI=1S/C18H26ClN5O2S/c1-5-12-15(19)23-16(21-12)17(25)22-13-7-8-24(9-14(13)26-6-2)18-20-10(3)11(4)27-18/h13-14H,5-9H2,1-4H3,(H,21,23)(H,22,25)/t13-,14+/m1/s1. The summed E-state index contributed by atoms with van der Waals surface area (Å²) in [4.78, 5) is 27.9. The van der Waals surface area contributed by atoms with Gasteiger partial charge in [-0.3, -0.25) is 4.79 Å². The van der Waals surface area contributed by atoms with Crippen molar-refractivity contribution in [2.24, 2.45) is 0 Å². The van der Waals surface area contributed by atoms with E-state index < -0.39 is 0 Å². The molecule has 2 aromatic heterocycles. The number of carbonyl (C=O) groups is 1. The van der Waals surface area contributed by atoms with Crippen LogP contribution in [0.15, 0.2) is 0 Å². The van der Waals surface area contributed by atoms with Crippen LogP contribution < -0.4 is 10.2 Å². The summed E-state index contributed by atoms with van der Waals surface area (Å²) in [5.41, 5.74) is 1.84. The summed E-state index contributed by atoms with van der Waals surface area (Å²) in [5.74, 6) is 0.00129. The molecule has 0 bridgehead atoms. The van der Waals surface area contributed by atoms with Crippen molar-refractivity contribution in [3.63, 3.8) is 0 Å². The summed E-state index contributed by atoms with van der Waals surface area (Å²) >= 11 is 7.75. The second kappa shape index (κ2) is 8.58. The zero-order chi connectivity index (χ0) is 19.6. The zero-order valence-corrected chi connectivity index (χ0v) is 17.7. The maximum absolute atomic E-state index is 12.6. The van der Waals surface area contributed by atoms with E-state index in [1.807, 2.05) is 20.8 Å². The molecule has 2 atom stereocenters. The monoisotopic (exact) mass is 411 g/mol. The van der Waals surface area contributed by atoms with Crippen molar-refractivity contribution in [2.45, 2.75) is 52.7 Å². The molecule has 3 heterocycles. The van der Waals surface area contributed by atoms with Crippen molar-refractivity contribution in [2.75, 3.05) is 24.6 Å². The maximum Gasteiger partial charge on any atom is 0.287 e. The number of hydrogen-bond acceptors (Lipinski definition) is 6. The number of H-pyrrole nitrogens is 1. The molecule has 1 aliphatic rings. The lowest BCUT2D eigenvalue weighted by molar-refractivity contribution is 0.0271. The molecule has 2 aromatic rings. The Morgan fingerprint density at radius 2 is 2.19 bits per heavy atom. The van der Waals surface area contributed by atoms with Gasteiger partial charge in [-0.25, -0.2) is 9.97 Å². The molecule has 3 rings (SSSR count). The van der Waals surface area contributed by atoms with Crippen LogP contribution in [0.4, 0.5) is 5.13 Å². The number of aryl methyl sites for hydroxylation is 3. The van der Waals surface area contributed by atoms with E-state index in [4.69, 9.17) is 16.3 Å². The topological polar surface area (TPSA) is 83.1 Å². The third-order valence-electron chi connectivity index (χ3n) is 4.84. The van der Waals surface area contributed by atoms with Gasteiger partial charge in [-0.1, -0.05) is 18.5 Å². The van der Waals surface area contributed by atoms with Crippen molar-refractivity contribution < 1.29 is 9.53 Å². The van der Waals surface area contributed by atoms with Gasteiger partial charge in [0.2, 0.25) is 0 Å². The Morgan fingerprint density at radius 1 is 1.41 bits per heavy atom. The average Bonchev–Trinajstić information content (AvgIpc) is 3.19. The van der Waals surface area contributed by atoms with Crippen molar-refractivity contribution in [1.82, 2.24) is 20.3 Å². The summed E-state index contributed by atoms with van der Waals surface area (Å²) in [5, 5.41) is 4.44. The lowest BCUT2D eigenvalue weighted by Gasteiger charge is -2.38. The quantitative estimate of drug-likeness (QED) is 0.763. The molecule has 0 radical (unpaired) electrons. The Kier molecular flexibility index (Phi) is 6.39. The van der Waals surface area contributed by atoms with E-state index in [0.29, 0.717) is 24.7 Å². The van der Waals surface area contributed by atoms with Gasteiger partial charge in [0.15, 0.2) is 16.1 Å². The molecule has 148 valence electrons. The van der Waals surface area contributed by atoms with E-state index in [2.05, 4.69) is 32.1 Å². The van der Waals surface area contributed by atoms with Crippen LogP contribution in [0.1, 0.15) is 47.2 Å². The van der Waals surface area contributed by atoms with Gasteiger partial charge in [0.25, 0.3) is 5.91 Å². The van der Waals surface area contributed by atoms with Crippen LogP contribution in [0.5, 0.6) is 0 Å². The van der Waals surface area contributed by atoms with Gasteiger partial charge in [-0.15, -0.1) is 11.3 Å². The number of carbonyl (C=O) groups excluding carboxylic acids is 1. The van der Waals surface area contributed by atoms with Gasteiger partial charge in [-0.2, -0.15) is 0 Å². The number of amides is 1. The number of imidazole rings is 1. The van der Waals surface area contributed by atoms with Crippen LogP contribution in [-0.2, 0) is 11.2 Å². The fourth-order valence-corrected chi connectivity index (χ4v) is 4.41. The summed E-state index contributed by atoms with van der Waals surface area (Å²) in [6.07, 6.45) is 1.38. The fraction of sp³-hybridized carbons (Fsp3) is 0.611. The van der Waals surface area contributed by atoms with Crippen molar-refractivity contribution in [1.29, 1.82) is 0 Å². The minimum Gasteiger partial charge on any atom is -0.375 e. The number of halogens is 1. The van der Waals surface area contributed by atoms with E-state index in [0.717, 1.165) is 29.5 Å². The van der Waals surface area contributed by atoms with Crippen LogP contribution in [0.2, 0.25) is 5.15 Å².